The Hall–Kier alpha value is -3.11. The largest absolute Gasteiger partial charge is 0.489 e. The van der Waals surface area contributed by atoms with Gasteiger partial charge in [-0.3, -0.25) is 4.79 Å². The highest BCUT2D eigenvalue weighted by Gasteiger charge is 2.26. The number of nitrogens with one attached hydrogen (secondary N) is 1. The number of amides is 1. The van der Waals surface area contributed by atoms with Crippen molar-refractivity contribution in [3.63, 3.8) is 0 Å². The minimum absolute atomic E-state index is 0.0263. The second-order valence-corrected chi connectivity index (χ2v) is 8.08. The highest BCUT2D eigenvalue weighted by Crippen LogP contribution is 2.31. The highest BCUT2D eigenvalue weighted by molar-refractivity contribution is 5.80. The Morgan fingerprint density at radius 3 is 2.22 bits per heavy atom. The van der Waals surface area contributed by atoms with Gasteiger partial charge in [0, 0.05) is 13.0 Å². The zero-order valence-electron chi connectivity index (χ0n) is 19.2. The third kappa shape index (κ3) is 6.44. The van der Waals surface area contributed by atoms with Crippen molar-refractivity contribution >= 4 is 5.91 Å². The number of carbonyl (C=O) groups excluding carboxylic acids is 1. The maximum Gasteiger partial charge on any atom is 0.224 e. The van der Waals surface area contributed by atoms with Gasteiger partial charge in [0.15, 0.2) is 0 Å². The van der Waals surface area contributed by atoms with Gasteiger partial charge in [-0.15, -0.1) is 0 Å². The summed E-state index contributed by atoms with van der Waals surface area (Å²) in [5.74, 6) is 0.749. The molecule has 3 aromatic carbocycles. The third-order valence-electron chi connectivity index (χ3n) is 5.84. The Bertz CT molecular complexity index is 959. The molecule has 3 rings (SSSR count). The molecule has 168 valence electrons. The predicted molar refractivity (Wildman–Crippen MR) is 129 cm³/mol. The van der Waals surface area contributed by atoms with Crippen molar-refractivity contribution in [1.82, 2.24) is 5.32 Å². The van der Waals surface area contributed by atoms with E-state index in [4.69, 9.17) is 9.47 Å². The van der Waals surface area contributed by atoms with Gasteiger partial charge in [0.1, 0.15) is 12.4 Å². The summed E-state index contributed by atoms with van der Waals surface area (Å²) in [6, 6.07) is 28.0. The fourth-order valence-electron chi connectivity index (χ4n) is 4.01. The lowest BCUT2D eigenvalue weighted by molar-refractivity contribution is -0.126. The molecule has 32 heavy (non-hydrogen) atoms. The summed E-state index contributed by atoms with van der Waals surface area (Å²) in [4.78, 5) is 13.2. The molecule has 0 spiro atoms. The molecule has 0 aliphatic heterocycles. The number of rotatable bonds is 11. The average Bonchev–Trinajstić information content (AvgIpc) is 2.84. The summed E-state index contributed by atoms with van der Waals surface area (Å²) in [7, 11) is 1.65. The molecule has 4 heteroatoms. The number of ether oxygens (including phenoxy) is 2. The molecule has 0 bridgehead atoms. The SMILES string of the molecule is CC[C@@H](c1cccc(OCc2ccccc2)c1)[C@@H](C)C(=O)N[C@@H](COC)c1ccccc1. The van der Waals surface area contributed by atoms with Crippen molar-refractivity contribution in [3.8, 4) is 5.75 Å². The van der Waals surface area contributed by atoms with E-state index in [0.717, 1.165) is 28.9 Å². The van der Waals surface area contributed by atoms with Gasteiger partial charge in [-0.25, -0.2) is 0 Å². The minimum Gasteiger partial charge on any atom is -0.489 e. The van der Waals surface area contributed by atoms with Crippen LogP contribution in [0.25, 0.3) is 0 Å². The van der Waals surface area contributed by atoms with Crippen molar-refractivity contribution in [2.45, 2.75) is 38.8 Å². The molecule has 0 saturated heterocycles. The summed E-state index contributed by atoms with van der Waals surface area (Å²) in [6.07, 6.45) is 0.858. The van der Waals surface area contributed by atoms with E-state index < -0.39 is 0 Å². The molecule has 0 radical (unpaired) electrons. The molecule has 0 fully saturated rings. The van der Waals surface area contributed by atoms with Crippen molar-refractivity contribution < 1.29 is 14.3 Å². The van der Waals surface area contributed by atoms with Crippen LogP contribution in [0.4, 0.5) is 0 Å². The fourth-order valence-corrected chi connectivity index (χ4v) is 4.01. The van der Waals surface area contributed by atoms with E-state index >= 15 is 0 Å². The van der Waals surface area contributed by atoms with Gasteiger partial charge >= 0.3 is 0 Å². The van der Waals surface area contributed by atoms with E-state index in [2.05, 4.69) is 24.4 Å². The van der Waals surface area contributed by atoms with Crippen LogP contribution in [0, 0.1) is 5.92 Å². The Kier molecular flexibility index (Phi) is 8.88. The van der Waals surface area contributed by atoms with Gasteiger partial charge in [0.2, 0.25) is 5.91 Å². The molecule has 1 amide bonds. The van der Waals surface area contributed by atoms with Gasteiger partial charge in [-0.1, -0.05) is 86.6 Å². The molecule has 0 unspecified atom stereocenters. The zero-order chi connectivity index (χ0) is 22.8. The van der Waals surface area contributed by atoms with Crippen LogP contribution in [0.5, 0.6) is 5.75 Å². The van der Waals surface area contributed by atoms with Crippen LogP contribution in [-0.4, -0.2) is 19.6 Å². The number of carbonyl (C=O) groups is 1. The normalized spacial score (nSPS) is 13.7. The van der Waals surface area contributed by atoms with Gasteiger partial charge in [0.25, 0.3) is 0 Å². The van der Waals surface area contributed by atoms with E-state index in [1.54, 1.807) is 7.11 Å². The Balaban J connectivity index is 1.69. The second-order valence-electron chi connectivity index (χ2n) is 8.08. The number of hydrogen-bond acceptors (Lipinski definition) is 3. The van der Waals surface area contributed by atoms with Crippen molar-refractivity contribution in [2.24, 2.45) is 5.92 Å². The number of methoxy groups -OCH3 is 1. The molecule has 3 atom stereocenters. The van der Waals surface area contributed by atoms with E-state index in [1.165, 1.54) is 0 Å². The monoisotopic (exact) mass is 431 g/mol. The van der Waals surface area contributed by atoms with Crippen molar-refractivity contribution in [2.75, 3.05) is 13.7 Å². The van der Waals surface area contributed by atoms with Crippen LogP contribution >= 0.6 is 0 Å². The van der Waals surface area contributed by atoms with Crippen LogP contribution in [0.1, 0.15) is 48.9 Å². The van der Waals surface area contributed by atoms with Gasteiger partial charge in [-0.05, 0) is 41.2 Å². The molecule has 0 aliphatic rings. The minimum atomic E-state index is -0.188. The molecular weight excluding hydrogens is 398 g/mol. The summed E-state index contributed by atoms with van der Waals surface area (Å²) < 4.78 is 11.4. The van der Waals surface area contributed by atoms with Crippen LogP contribution in [-0.2, 0) is 16.1 Å². The summed E-state index contributed by atoms with van der Waals surface area (Å²) >= 11 is 0. The first-order valence-corrected chi connectivity index (χ1v) is 11.2. The Labute approximate surface area is 191 Å². The molecule has 0 heterocycles. The fraction of sp³-hybridized carbons (Fsp3) is 0.321. The lowest BCUT2D eigenvalue weighted by Gasteiger charge is -2.26. The van der Waals surface area contributed by atoms with E-state index in [0.29, 0.717) is 13.2 Å². The molecule has 4 nitrogen and oxygen atoms in total. The maximum atomic E-state index is 13.2. The Morgan fingerprint density at radius 1 is 0.906 bits per heavy atom. The van der Waals surface area contributed by atoms with Crippen LogP contribution in [0.2, 0.25) is 0 Å². The third-order valence-corrected chi connectivity index (χ3v) is 5.84. The van der Waals surface area contributed by atoms with Crippen LogP contribution in [0.3, 0.4) is 0 Å². The predicted octanol–water partition coefficient (Wildman–Crippen LogP) is 5.90. The smallest absolute Gasteiger partial charge is 0.224 e. The van der Waals surface area contributed by atoms with Crippen molar-refractivity contribution in [3.05, 3.63) is 102 Å². The lowest BCUT2D eigenvalue weighted by atomic mass is 9.84. The van der Waals surface area contributed by atoms with Crippen molar-refractivity contribution in [1.29, 1.82) is 0 Å². The van der Waals surface area contributed by atoms with Crippen LogP contribution in [0.15, 0.2) is 84.9 Å². The first-order chi connectivity index (χ1) is 15.6. The molecule has 0 saturated carbocycles. The quantitative estimate of drug-likeness (QED) is 0.411. The summed E-state index contributed by atoms with van der Waals surface area (Å²) in [5, 5.41) is 3.18. The second kappa shape index (κ2) is 12.1. The lowest BCUT2D eigenvalue weighted by Crippen LogP contribution is -2.37. The van der Waals surface area contributed by atoms with Gasteiger partial charge in [0.05, 0.1) is 12.6 Å². The van der Waals surface area contributed by atoms with E-state index in [9.17, 15) is 4.79 Å². The molecule has 3 aromatic rings. The van der Waals surface area contributed by atoms with Crippen LogP contribution < -0.4 is 10.1 Å². The number of benzene rings is 3. The van der Waals surface area contributed by atoms with Gasteiger partial charge in [-0.2, -0.15) is 0 Å². The first-order valence-electron chi connectivity index (χ1n) is 11.2. The molecule has 1 N–H and O–H groups in total. The van der Waals surface area contributed by atoms with Gasteiger partial charge < -0.3 is 14.8 Å². The molecule has 0 aliphatic carbocycles. The van der Waals surface area contributed by atoms with E-state index in [1.807, 2.05) is 79.7 Å². The standard InChI is InChI=1S/C28H33NO3/c1-4-26(21(2)28(30)29-27(20-31-3)23-14-9-6-10-15-23)24-16-11-17-25(18-24)32-19-22-12-7-5-8-13-22/h5-18,21,26-27H,4,19-20H2,1-3H3,(H,29,30)/t21-,26-,27+/m1/s1. The zero-order valence-corrected chi connectivity index (χ0v) is 19.2. The Morgan fingerprint density at radius 2 is 1.56 bits per heavy atom. The molecular formula is C28H33NO3. The number of hydrogen-bond donors (Lipinski definition) is 1. The summed E-state index contributed by atoms with van der Waals surface area (Å²) in [6.45, 7) is 5.07. The maximum absolute atomic E-state index is 13.2. The summed E-state index contributed by atoms with van der Waals surface area (Å²) in [5.41, 5.74) is 3.28. The molecule has 0 aromatic heterocycles. The first kappa shape index (κ1) is 23.6. The topological polar surface area (TPSA) is 47.6 Å². The average molecular weight is 432 g/mol. The van der Waals surface area contributed by atoms with E-state index in [-0.39, 0.29) is 23.8 Å². The highest BCUT2D eigenvalue weighted by atomic mass is 16.5.